The molecule has 0 aromatic heterocycles. The summed E-state index contributed by atoms with van der Waals surface area (Å²) < 4.78 is 5.47. The van der Waals surface area contributed by atoms with E-state index in [9.17, 15) is 0 Å². The van der Waals surface area contributed by atoms with E-state index in [1.54, 1.807) is 0 Å². The first-order valence-corrected chi connectivity index (χ1v) is 8.48. The zero-order valence-corrected chi connectivity index (χ0v) is 13.1. The summed E-state index contributed by atoms with van der Waals surface area (Å²) in [7, 11) is 2.25. The SMILES string of the molecule is CSCC(C)N(C)CC1(CBr)CCOCC1. The number of hydrogen-bond donors (Lipinski definition) is 0. The van der Waals surface area contributed by atoms with Crippen LogP contribution in [-0.4, -0.2) is 55.1 Å². The van der Waals surface area contributed by atoms with Gasteiger partial charge in [0.1, 0.15) is 0 Å². The molecule has 2 nitrogen and oxygen atoms in total. The molecule has 0 saturated carbocycles. The summed E-state index contributed by atoms with van der Waals surface area (Å²) in [6.45, 7) is 5.35. The number of thioether (sulfide) groups is 1. The van der Waals surface area contributed by atoms with Gasteiger partial charge in [0.25, 0.3) is 0 Å². The smallest absolute Gasteiger partial charge is 0.0472 e. The zero-order chi connectivity index (χ0) is 12.0. The van der Waals surface area contributed by atoms with Gasteiger partial charge >= 0.3 is 0 Å². The summed E-state index contributed by atoms with van der Waals surface area (Å²) >= 11 is 5.63. The van der Waals surface area contributed by atoms with E-state index >= 15 is 0 Å². The Morgan fingerprint density at radius 1 is 1.44 bits per heavy atom. The Hall–Kier alpha value is 0.750. The molecule has 0 aromatic carbocycles. The Balaban J connectivity index is 2.48. The topological polar surface area (TPSA) is 12.5 Å². The van der Waals surface area contributed by atoms with Gasteiger partial charge < -0.3 is 9.64 Å². The van der Waals surface area contributed by atoms with E-state index in [2.05, 4.69) is 41.1 Å². The first kappa shape index (κ1) is 14.8. The molecule has 1 rings (SSSR count). The van der Waals surface area contributed by atoms with Gasteiger partial charge in [0.15, 0.2) is 0 Å². The van der Waals surface area contributed by atoms with Crippen molar-refractivity contribution in [3.05, 3.63) is 0 Å². The van der Waals surface area contributed by atoms with Crippen LogP contribution >= 0.6 is 27.7 Å². The van der Waals surface area contributed by atoms with Crippen molar-refractivity contribution < 1.29 is 4.74 Å². The number of ether oxygens (including phenoxy) is 1. The number of rotatable bonds is 6. The Kier molecular flexibility index (Phi) is 6.70. The Bertz CT molecular complexity index is 197. The molecule has 0 aromatic rings. The molecule has 0 bridgehead atoms. The molecule has 0 radical (unpaired) electrons. The lowest BCUT2D eigenvalue weighted by Gasteiger charge is -2.40. The van der Waals surface area contributed by atoms with E-state index in [1.165, 1.54) is 25.1 Å². The molecule has 0 N–H and O–H groups in total. The molecule has 96 valence electrons. The summed E-state index contributed by atoms with van der Waals surface area (Å²) in [5.74, 6) is 1.21. The van der Waals surface area contributed by atoms with Gasteiger partial charge in [0, 0.05) is 36.9 Å². The average molecular weight is 310 g/mol. The lowest BCUT2D eigenvalue weighted by Crippen LogP contribution is -2.44. The summed E-state index contributed by atoms with van der Waals surface area (Å²) in [6, 6.07) is 0.661. The van der Waals surface area contributed by atoms with Gasteiger partial charge in [-0.2, -0.15) is 11.8 Å². The van der Waals surface area contributed by atoms with Gasteiger partial charge in [0.2, 0.25) is 0 Å². The molecule has 0 spiro atoms. The lowest BCUT2D eigenvalue weighted by molar-refractivity contribution is 0.00823. The third kappa shape index (κ3) is 4.21. The minimum absolute atomic E-state index is 0.430. The summed E-state index contributed by atoms with van der Waals surface area (Å²) in [5.41, 5.74) is 0.430. The van der Waals surface area contributed by atoms with Crippen molar-refractivity contribution in [2.75, 3.05) is 44.1 Å². The van der Waals surface area contributed by atoms with Crippen molar-refractivity contribution in [1.82, 2.24) is 4.90 Å². The highest BCUT2D eigenvalue weighted by Gasteiger charge is 2.33. The quantitative estimate of drug-likeness (QED) is 0.700. The minimum Gasteiger partial charge on any atom is -0.381 e. The van der Waals surface area contributed by atoms with Gasteiger partial charge in [0.05, 0.1) is 0 Å². The highest BCUT2D eigenvalue weighted by atomic mass is 79.9. The van der Waals surface area contributed by atoms with E-state index in [0.717, 1.165) is 18.5 Å². The Morgan fingerprint density at radius 2 is 2.06 bits per heavy atom. The predicted octanol–water partition coefficient (Wildman–Crippen LogP) is 2.86. The van der Waals surface area contributed by atoms with Gasteiger partial charge in [-0.25, -0.2) is 0 Å². The van der Waals surface area contributed by atoms with Crippen molar-refractivity contribution in [2.45, 2.75) is 25.8 Å². The van der Waals surface area contributed by atoms with Crippen molar-refractivity contribution in [1.29, 1.82) is 0 Å². The molecule has 0 aliphatic carbocycles. The fourth-order valence-corrected chi connectivity index (χ4v) is 3.67. The van der Waals surface area contributed by atoms with E-state index in [-0.39, 0.29) is 0 Å². The van der Waals surface area contributed by atoms with E-state index in [1.807, 2.05) is 11.8 Å². The standard InChI is InChI=1S/C12H24BrNOS/c1-11(8-16-3)14(2)10-12(9-13)4-6-15-7-5-12/h11H,4-10H2,1-3H3. The van der Waals surface area contributed by atoms with Crippen LogP contribution in [-0.2, 0) is 4.74 Å². The molecule has 16 heavy (non-hydrogen) atoms. The second-order valence-electron chi connectivity index (χ2n) is 4.97. The van der Waals surface area contributed by atoms with E-state index in [0.29, 0.717) is 11.5 Å². The molecule has 1 saturated heterocycles. The maximum atomic E-state index is 5.47. The van der Waals surface area contributed by atoms with Crippen LogP contribution in [0.5, 0.6) is 0 Å². The van der Waals surface area contributed by atoms with Crippen LogP contribution in [0.4, 0.5) is 0 Å². The first-order chi connectivity index (χ1) is 7.63. The van der Waals surface area contributed by atoms with E-state index < -0.39 is 0 Å². The fraction of sp³-hybridized carbons (Fsp3) is 1.00. The van der Waals surface area contributed by atoms with Gasteiger partial charge in [-0.05, 0) is 38.5 Å². The van der Waals surface area contributed by atoms with Crippen LogP contribution in [0.15, 0.2) is 0 Å². The van der Waals surface area contributed by atoms with Crippen molar-refractivity contribution >= 4 is 27.7 Å². The second kappa shape index (κ2) is 7.24. The molecule has 1 fully saturated rings. The molecule has 1 unspecified atom stereocenters. The first-order valence-electron chi connectivity index (χ1n) is 5.96. The number of hydrogen-bond acceptors (Lipinski definition) is 3. The van der Waals surface area contributed by atoms with Gasteiger partial charge in [-0.15, -0.1) is 0 Å². The van der Waals surface area contributed by atoms with Crippen LogP contribution in [0, 0.1) is 5.41 Å². The lowest BCUT2D eigenvalue weighted by atomic mass is 9.81. The molecular formula is C12H24BrNOS. The number of nitrogens with zero attached hydrogens (tertiary/aromatic N) is 1. The third-order valence-corrected chi connectivity index (χ3v) is 5.59. The third-order valence-electron chi connectivity index (χ3n) is 3.58. The average Bonchev–Trinajstić information content (AvgIpc) is 2.30. The maximum absolute atomic E-state index is 5.47. The van der Waals surface area contributed by atoms with Gasteiger partial charge in [-0.1, -0.05) is 15.9 Å². The van der Waals surface area contributed by atoms with Crippen molar-refractivity contribution in [3.8, 4) is 0 Å². The van der Waals surface area contributed by atoms with Crippen LogP contribution in [0.3, 0.4) is 0 Å². The molecule has 1 atom stereocenters. The monoisotopic (exact) mass is 309 g/mol. The van der Waals surface area contributed by atoms with E-state index in [4.69, 9.17) is 4.74 Å². The maximum Gasteiger partial charge on any atom is 0.0472 e. The molecule has 0 amide bonds. The van der Waals surface area contributed by atoms with Crippen molar-refractivity contribution in [3.63, 3.8) is 0 Å². The molecule has 1 aliphatic rings. The van der Waals surface area contributed by atoms with Crippen LogP contribution in [0.25, 0.3) is 0 Å². The summed E-state index contributed by atoms with van der Waals surface area (Å²) in [6.07, 6.45) is 4.56. The van der Waals surface area contributed by atoms with Crippen LogP contribution in [0.1, 0.15) is 19.8 Å². The Labute approximate surface area is 113 Å². The molecular weight excluding hydrogens is 286 g/mol. The van der Waals surface area contributed by atoms with Crippen LogP contribution in [0.2, 0.25) is 0 Å². The highest BCUT2D eigenvalue weighted by Crippen LogP contribution is 2.33. The Morgan fingerprint density at radius 3 is 2.56 bits per heavy atom. The van der Waals surface area contributed by atoms with Gasteiger partial charge in [-0.3, -0.25) is 0 Å². The second-order valence-corrected chi connectivity index (χ2v) is 6.44. The predicted molar refractivity (Wildman–Crippen MR) is 76.8 cm³/mol. The highest BCUT2D eigenvalue weighted by molar-refractivity contribution is 9.09. The molecule has 1 heterocycles. The summed E-state index contributed by atoms with van der Waals surface area (Å²) in [5, 5.41) is 1.10. The normalized spacial score (nSPS) is 22.3. The summed E-state index contributed by atoms with van der Waals surface area (Å²) in [4.78, 5) is 2.50. The molecule has 4 heteroatoms. The number of halogens is 1. The zero-order valence-electron chi connectivity index (χ0n) is 10.7. The minimum atomic E-state index is 0.430. The molecule has 1 aliphatic heterocycles. The fourth-order valence-electron chi connectivity index (χ4n) is 2.19. The van der Waals surface area contributed by atoms with Crippen molar-refractivity contribution in [2.24, 2.45) is 5.41 Å². The van der Waals surface area contributed by atoms with Crippen LogP contribution < -0.4 is 0 Å². The largest absolute Gasteiger partial charge is 0.381 e. The number of alkyl halides is 1.